The van der Waals surface area contributed by atoms with Gasteiger partial charge in [-0.2, -0.15) is 0 Å². The SMILES string of the molecule is O=S(=O)(C1CCNC1)N1CCC(CO)C1. The molecular formula is C9H18N2O3S. The van der Waals surface area contributed by atoms with Crippen LogP contribution in [0.25, 0.3) is 0 Å². The molecule has 0 aromatic carbocycles. The van der Waals surface area contributed by atoms with Gasteiger partial charge in [0, 0.05) is 26.2 Å². The van der Waals surface area contributed by atoms with Crippen LogP contribution in [0.15, 0.2) is 0 Å². The molecule has 0 bridgehead atoms. The Bertz CT molecular complexity index is 311. The molecule has 0 amide bonds. The molecule has 2 unspecified atom stereocenters. The van der Waals surface area contributed by atoms with Crippen molar-refractivity contribution in [3.8, 4) is 0 Å². The second kappa shape index (κ2) is 4.37. The van der Waals surface area contributed by atoms with Gasteiger partial charge in [0.05, 0.1) is 5.25 Å². The smallest absolute Gasteiger partial charge is 0.218 e. The van der Waals surface area contributed by atoms with Crippen molar-refractivity contribution >= 4 is 10.0 Å². The predicted octanol–water partition coefficient (Wildman–Crippen LogP) is -1.01. The number of sulfonamides is 1. The highest BCUT2D eigenvalue weighted by atomic mass is 32.2. The Hall–Kier alpha value is -0.170. The largest absolute Gasteiger partial charge is 0.396 e. The van der Waals surface area contributed by atoms with Crippen molar-refractivity contribution in [1.82, 2.24) is 9.62 Å². The van der Waals surface area contributed by atoms with E-state index in [0.29, 0.717) is 26.1 Å². The van der Waals surface area contributed by atoms with E-state index < -0.39 is 10.0 Å². The normalized spacial score (nSPS) is 33.7. The summed E-state index contributed by atoms with van der Waals surface area (Å²) < 4.78 is 25.7. The van der Waals surface area contributed by atoms with Crippen LogP contribution < -0.4 is 5.32 Å². The zero-order chi connectivity index (χ0) is 10.9. The van der Waals surface area contributed by atoms with Gasteiger partial charge in [0.25, 0.3) is 0 Å². The Balaban J connectivity index is 2.03. The summed E-state index contributed by atoms with van der Waals surface area (Å²) in [4.78, 5) is 0. The summed E-state index contributed by atoms with van der Waals surface area (Å²) in [7, 11) is -3.12. The second-order valence-corrected chi connectivity index (χ2v) is 6.57. The molecule has 2 atom stereocenters. The zero-order valence-electron chi connectivity index (χ0n) is 8.72. The Morgan fingerprint density at radius 2 is 2.20 bits per heavy atom. The van der Waals surface area contributed by atoms with E-state index in [1.54, 1.807) is 4.31 Å². The lowest BCUT2D eigenvalue weighted by atomic mass is 10.1. The average molecular weight is 234 g/mol. The fourth-order valence-electron chi connectivity index (χ4n) is 2.27. The van der Waals surface area contributed by atoms with Gasteiger partial charge in [-0.25, -0.2) is 12.7 Å². The van der Waals surface area contributed by atoms with Crippen LogP contribution in [0.2, 0.25) is 0 Å². The zero-order valence-corrected chi connectivity index (χ0v) is 9.54. The van der Waals surface area contributed by atoms with Crippen LogP contribution in [0, 0.1) is 5.92 Å². The third-order valence-corrected chi connectivity index (χ3v) is 5.60. The lowest BCUT2D eigenvalue weighted by molar-refractivity contribution is 0.233. The van der Waals surface area contributed by atoms with Gasteiger partial charge in [0.1, 0.15) is 0 Å². The summed E-state index contributed by atoms with van der Waals surface area (Å²) in [5, 5.41) is 11.8. The van der Waals surface area contributed by atoms with Gasteiger partial charge >= 0.3 is 0 Å². The first kappa shape index (κ1) is 11.3. The molecule has 2 saturated heterocycles. The topological polar surface area (TPSA) is 69.6 Å². The van der Waals surface area contributed by atoms with Crippen molar-refractivity contribution in [3.63, 3.8) is 0 Å². The molecule has 2 heterocycles. The summed E-state index contributed by atoms with van der Waals surface area (Å²) in [5.41, 5.74) is 0. The van der Waals surface area contributed by atoms with Crippen LogP contribution in [-0.2, 0) is 10.0 Å². The number of hydrogen-bond acceptors (Lipinski definition) is 4. The third kappa shape index (κ3) is 2.18. The average Bonchev–Trinajstić information content (AvgIpc) is 2.89. The Morgan fingerprint density at radius 1 is 1.40 bits per heavy atom. The quantitative estimate of drug-likeness (QED) is 0.656. The van der Waals surface area contributed by atoms with Gasteiger partial charge < -0.3 is 10.4 Å². The summed E-state index contributed by atoms with van der Waals surface area (Å²) in [5.74, 6) is 0.133. The standard InChI is InChI=1S/C9H18N2O3S/c12-7-8-2-4-11(6-8)15(13,14)9-1-3-10-5-9/h8-10,12H,1-7H2. The molecule has 6 heteroatoms. The maximum absolute atomic E-state index is 12.1. The van der Waals surface area contributed by atoms with Gasteiger partial charge in [-0.3, -0.25) is 0 Å². The van der Waals surface area contributed by atoms with Gasteiger partial charge in [-0.15, -0.1) is 0 Å². The van der Waals surface area contributed by atoms with E-state index in [4.69, 9.17) is 5.11 Å². The van der Waals surface area contributed by atoms with Crippen molar-refractivity contribution in [2.24, 2.45) is 5.92 Å². The molecule has 2 rings (SSSR count). The van der Waals surface area contributed by atoms with Crippen LogP contribution in [0.4, 0.5) is 0 Å². The third-order valence-electron chi connectivity index (χ3n) is 3.30. The highest BCUT2D eigenvalue weighted by molar-refractivity contribution is 7.89. The number of aliphatic hydroxyl groups excluding tert-OH is 1. The van der Waals surface area contributed by atoms with E-state index >= 15 is 0 Å². The number of nitrogens with zero attached hydrogens (tertiary/aromatic N) is 1. The maximum atomic E-state index is 12.1. The molecule has 2 N–H and O–H groups in total. The number of rotatable bonds is 3. The maximum Gasteiger partial charge on any atom is 0.218 e. The van der Waals surface area contributed by atoms with Crippen molar-refractivity contribution in [2.45, 2.75) is 18.1 Å². The first-order chi connectivity index (χ1) is 7.14. The second-order valence-electron chi connectivity index (χ2n) is 4.36. The minimum absolute atomic E-state index is 0.0922. The summed E-state index contributed by atoms with van der Waals surface area (Å²) in [6, 6.07) is 0. The first-order valence-corrected chi connectivity index (χ1v) is 6.95. The molecule has 2 aliphatic heterocycles. The lowest BCUT2D eigenvalue weighted by Crippen LogP contribution is -2.38. The van der Waals surface area contributed by atoms with Crippen molar-refractivity contribution in [2.75, 3.05) is 32.8 Å². The van der Waals surface area contributed by atoms with Gasteiger partial charge in [0.2, 0.25) is 10.0 Å². The summed E-state index contributed by atoms with van der Waals surface area (Å²) in [6.07, 6.45) is 1.50. The van der Waals surface area contributed by atoms with Crippen LogP contribution in [0.5, 0.6) is 0 Å². The molecule has 15 heavy (non-hydrogen) atoms. The molecule has 0 spiro atoms. The fourth-order valence-corrected chi connectivity index (χ4v) is 4.21. The first-order valence-electron chi connectivity index (χ1n) is 5.45. The number of aliphatic hydroxyl groups is 1. The Morgan fingerprint density at radius 3 is 2.73 bits per heavy atom. The molecule has 0 aromatic rings. The molecule has 2 aliphatic rings. The Labute approximate surface area is 90.5 Å². The molecule has 0 aliphatic carbocycles. The van der Waals surface area contributed by atoms with E-state index in [2.05, 4.69) is 5.32 Å². The van der Waals surface area contributed by atoms with Gasteiger partial charge in [-0.05, 0) is 25.3 Å². The molecule has 5 nitrogen and oxygen atoms in total. The van der Waals surface area contributed by atoms with E-state index in [1.807, 2.05) is 0 Å². The number of hydrogen-bond donors (Lipinski definition) is 2. The fraction of sp³-hybridized carbons (Fsp3) is 1.00. The molecule has 88 valence electrons. The van der Waals surface area contributed by atoms with Gasteiger partial charge in [0.15, 0.2) is 0 Å². The minimum atomic E-state index is -3.12. The van der Waals surface area contributed by atoms with Crippen molar-refractivity contribution in [3.05, 3.63) is 0 Å². The number of nitrogens with one attached hydrogen (secondary N) is 1. The lowest BCUT2D eigenvalue weighted by Gasteiger charge is -2.20. The van der Waals surface area contributed by atoms with Crippen LogP contribution in [-0.4, -0.2) is 55.9 Å². The highest BCUT2D eigenvalue weighted by Gasteiger charge is 2.37. The predicted molar refractivity (Wildman–Crippen MR) is 57.0 cm³/mol. The molecule has 0 aromatic heterocycles. The van der Waals surface area contributed by atoms with Crippen LogP contribution in [0.3, 0.4) is 0 Å². The van der Waals surface area contributed by atoms with Crippen LogP contribution in [0.1, 0.15) is 12.8 Å². The van der Waals surface area contributed by atoms with E-state index in [1.165, 1.54) is 0 Å². The molecular weight excluding hydrogens is 216 g/mol. The van der Waals surface area contributed by atoms with Crippen molar-refractivity contribution in [1.29, 1.82) is 0 Å². The summed E-state index contributed by atoms with van der Waals surface area (Å²) >= 11 is 0. The van der Waals surface area contributed by atoms with E-state index in [-0.39, 0.29) is 17.8 Å². The molecule has 0 radical (unpaired) electrons. The monoisotopic (exact) mass is 234 g/mol. The van der Waals surface area contributed by atoms with Crippen molar-refractivity contribution < 1.29 is 13.5 Å². The molecule has 0 saturated carbocycles. The minimum Gasteiger partial charge on any atom is -0.396 e. The van der Waals surface area contributed by atoms with Crippen LogP contribution >= 0.6 is 0 Å². The Kier molecular flexibility index (Phi) is 3.30. The molecule has 2 fully saturated rings. The van der Waals surface area contributed by atoms with Gasteiger partial charge in [-0.1, -0.05) is 0 Å². The van der Waals surface area contributed by atoms with E-state index in [0.717, 1.165) is 13.0 Å². The van der Waals surface area contributed by atoms with E-state index in [9.17, 15) is 8.42 Å². The highest BCUT2D eigenvalue weighted by Crippen LogP contribution is 2.23. The summed E-state index contributed by atoms with van der Waals surface area (Å²) in [6.45, 7) is 2.53.